The molecule has 0 unspecified atom stereocenters. The van der Waals surface area contributed by atoms with E-state index in [0.29, 0.717) is 32.6 Å². The van der Waals surface area contributed by atoms with Gasteiger partial charge in [0, 0.05) is 26.2 Å². The van der Waals surface area contributed by atoms with Crippen molar-refractivity contribution < 1.29 is 14.3 Å². The van der Waals surface area contributed by atoms with Crippen LogP contribution >= 0.6 is 0 Å². The van der Waals surface area contributed by atoms with Crippen LogP contribution in [0, 0.1) is 20.8 Å². The molecule has 2 aromatic rings. The van der Waals surface area contributed by atoms with Gasteiger partial charge in [0.2, 0.25) is 5.91 Å². The highest BCUT2D eigenvalue weighted by atomic mass is 16.5. The Hall–Kier alpha value is -2.82. The number of carbonyl (C=O) groups excluding carboxylic acids is 2. The molecule has 1 heterocycles. The highest BCUT2D eigenvalue weighted by Gasteiger charge is 2.24. The van der Waals surface area contributed by atoms with Crippen molar-refractivity contribution >= 4 is 11.8 Å². The van der Waals surface area contributed by atoms with Crippen molar-refractivity contribution in [1.82, 2.24) is 9.80 Å². The van der Waals surface area contributed by atoms with Gasteiger partial charge in [-0.25, -0.2) is 0 Å². The van der Waals surface area contributed by atoms with Crippen LogP contribution in [-0.2, 0) is 16.0 Å². The summed E-state index contributed by atoms with van der Waals surface area (Å²) in [6, 6.07) is 13.8. The molecule has 3 rings (SSSR count). The van der Waals surface area contributed by atoms with E-state index in [1.807, 2.05) is 62.1 Å². The first-order valence-corrected chi connectivity index (χ1v) is 9.75. The zero-order valence-electron chi connectivity index (χ0n) is 16.9. The Balaban J connectivity index is 1.49. The standard InChI is InChI=1S/C23H28N2O3/c1-17-9-10-18(2)23(19(17)3)28-16-22(27)25-13-11-24(12-14-25)21(26)15-20-7-5-4-6-8-20/h4-10H,11-16H2,1-3H3. The van der Waals surface area contributed by atoms with E-state index in [2.05, 4.69) is 6.07 Å². The fraction of sp³-hybridized carbons (Fsp3) is 0.391. The van der Waals surface area contributed by atoms with Gasteiger partial charge in [0.05, 0.1) is 6.42 Å². The van der Waals surface area contributed by atoms with E-state index in [9.17, 15) is 9.59 Å². The van der Waals surface area contributed by atoms with Gasteiger partial charge < -0.3 is 14.5 Å². The van der Waals surface area contributed by atoms with Crippen LogP contribution in [0.2, 0.25) is 0 Å². The number of benzene rings is 2. The van der Waals surface area contributed by atoms with Crippen LogP contribution < -0.4 is 4.74 Å². The Bertz CT molecular complexity index is 840. The molecule has 0 atom stereocenters. The quantitative estimate of drug-likeness (QED) is 0.801. The molecule has 2 amide bonds. The molecular formula is C23H28N2O3. The van der Waals surface area contributed by atoms with Gasteiger partial charge in [-0.2, -0.15) is 0 Å². The van der Waals surface area contributed by atoms with Crippen molar-refractivity contribution in [2.45, 2.75) is 27.2 Å². The highest BCUT2D eigenvalue weighted by molar-refractivity contribution is 5.80. The van der Waals surface area contributed by atoms with E-state index >= 15 is 0 Å². The lowest BCUT2D eigenvalue weighted by molar-refractivity contribution is -0.140. The number of aryl methyl sites for hydroxylation is 2. The number of piperazine rings is 1. The molecule has 0 radical (unpaired) electrons. The Morgan fingerprint density at radius 2 is 1.39 bits per heavy atom. The molecule has 28 heavy (non-hydrogen) atoms. The van der Waals surface area contributed by atoms with E-state index in [0.717, 1.165) is 28.0 Å². The van der Waals surface area contributed by atoms with E-state index in [-0.39, 0.29) is 18.4 Å². The van der Waals surface area contributed by atoms with Crippen LogP contribution in [0.25, 0.3) is 0 Å². The first-order chi connectivity index (χ1) is 13.5. The SMILES string of the molecule is Cc1ccc(C)c(OCC(=O)N2CCN(C(=O)Cc3ccccc3)CC2)c1C. The van der Waals surface area contributed by atoms with Gasteiger partial charge in [-0.3, -0.25) is 9.59 Å². The molecule has 0 aromatic heterocycles. The average molecular weight is 380 g/mol. The predicted octanol–water partition coefficient (Wildman–Crippen LogP) is 2.90. The molecule has 148 valence electrons. The van der Waals surface area contributed by atoms with Crippen LogP contribution in [0.1, 0.15) is 22.3 Å². The zero-order chi connectivity index (χ0) is 20.1. The fourth-order valence-electron chi connectivity index (χ4n) is 3.46. The number of amides is 2. The molecule has 0 bridgehead atoms. The summed E-state index contributed by atoms with van der Waals surface area (Å²) in [6.07, 6.45) is 0.407. The molecule has 0 saturated carbocycles. The molecule has 0 N–H and O–H groups in total. The largest absolute Gasteiger partial charge is 0.483 e. The third kappa shape index (κ3) is 4.71. The lowest BCUT2D eigenvalue weighted by atomic mass is 10.1. The molecule has 2 aromatic carbocycles. The average Bonchev–Trinajstić information content (AvgIpc) is 2.71. The predicted molar refractivity (Wildman–Crippen MR) is 109 cm³/mol. The summed E-state index contributed by atoms with van der Waals surface area (Å²) < 4.78 is 5.84. The number of hydrogen-bond donors (Lipinski definition) is 0. The van der Waals surface area contributed by atoms with Crippen molar-refractivity contribution in [3.8, 4) is 5.75 Å². The van der Waals surface area contributed by atoms with E-state index in [1.165, 1.54) is 0 Å². The van der Waals surface area contributed by atoms with Gasteiger partial charge in [-0.05, 0) is 43.0 Å². The Kier molecular flexibility index (Phi) is 6.34. The summed E-state index contributed by atoms with van der Waals surface area (Å²) in [5, 5.41) is 0. The number of hydrogen-bond acceptors (Lipinski definition) is 3. The number of carbonyl (C=O) groups is 2. The Morgan fingerprint density at radius 1 is 0.821 bits per heavy atom. The molecule has 1 saturated heterocycles. The number of rotatable bonds is 5. The second kappa shape index (κ2) is 8.91. The third-order valence-corrected chi connectivity index (χ3v) is 5.40. The molecule has 0 spiro atoms. The molecule has 1 fully saturated rings. The monoisotopic (exact) mass is 380 g/mol. The van der Waals surface area contributed by atoms with Crippen molar-refractivity contribution in [2.75, 3.05) is 32.8 Å². The second-order valence-corrected chi connectivity index (χ2v) is 7.37. The minimum Gasteiger partial charge on any atom is -0.483 e. The van der Waals surface area contributed by atoms with Gasteiger partial charge in [-0.1, -0.05) is 42.5 Å². The highest BCUT2D eigenvalue weighted by Crippen LogP contribution is 2.25. The minimum atomic E-state index is -0.0320. The maximum atomic E-state index is 12.5. The maximum Gasteiger partial charge on any atom is 0.260 e. The van der Waals surface area contributed by atoms with Gasteiger partial charge in [0.15, 0.2) is 6.61 Å². The van der Waals surface area contributed by atoms with Crippen LogP contribution in [0.3, 0.4) is 0 Å². The van der Waals surface area contributed by atoms with Gasteiger partial charge >= 0.3 is 0 Å². The third-order valence-electron chi connectivity index (χ3n) is 5.40. The Labute approximate surface area is 166 Å². The van der Waals surface area contributed by atoms with Gasteiger partial charge in [-0.15, -0.1) is 0 Å². The lowest BCUT2D eigenvalue weighted by Gasteiger charge is -2.35. The molecule has 5 nitrogen and oxygen atoms in total. The van der Waals surface area contributed by atoms with Crippen LogP contribution in [0.15, 0.2) is 42.5 Å². The summed E-state index contributed by atoms with van der Waals surface area (Å²) in [4.78, 5) is 28.6. The first-order valence-electron chi connectivity index (χ1n) is 9.75. The number of ether oxygens (including phenoxy) is 1. The van der Waals surface area contributed by atoms with Crippen molar-refractivity contribution in [1.29, 1.82) is 0 Å². The van der Waals surface area contributed by atoms with Crippen molar-refractivity contribution in [3.63, 3.8) is 0 Å². The fourth-order valence-corrected chi connectivity index (χ4v) is 3.46. The summed E-state index contributed by atoms with van der Waals surface area (Å²) in [6.45, 7) is 8.31. The summed E-state index contributed by atoms with van der Waals surface area (Å²) in [7, 11) is 0. The maximum absolute atomic E-state index is 12.5. The smallest absolute Gasteiger partial charge is 0.260 e. The molecule has 1 aliphatic heterocycles. The normalized spacial score (nSPS) is 14.1. The number of nitrogens with zero attached hydrogens (tertiary/aromatic N) is 2. The zero-order valence-corrected chi connectivity index (χ0v) is 16.9. The molecular weight excluding hydrogens is 352 g/mol. The topological polar surface area (TPSA) is 49.9 Å². The van der Waals surface area contributed by atoms with Crippen molar-refractivity contribution in [2.24, 2.45) is 0 Å². The molecule has 0 aliphatic carbocycles. The second-order valence-electron chi connectivity index (χ2n) is 7.37. The molecule has 5 heteroatoms. The van der Waals surface area contributed by atoms with Gasteiger partial charge in [0.1, 0.15) is 5.75 Å². The summed E-state index contributed by atoms with van der Waals surface area (Å²) in [5.74, 6) is 0.876. The summed E-state index contributed by atoms with van der Waals surface area (Å²) in [5.41, 5.74) is 4.28. The van der Waals surface area contributed by atoms with Crippen LogP contribution in [-0.4, -0.2) is 54.4 Å². The van der Waals surface area contributed by atoms with E-state index in [4.69, 9.17) is 4.74 Å². The van der Waals surface area contributed by atoms with Gasteiger partial charge in [0.25, 0.3) is 5.91 Å². The minimum absolute atomic E-state index is 0.0308. The summed E-state index contributed by atoms with van der Waals surface area (Å²) >= 11 is 0. The van der Waals surface area contributed by atoms with Crippen LogP contribution in [0.4, 0.5) is 0 Å². The lowest BCUT2D eigenvalue weighted by Crippen LogP contribution is -2.52. The van der Waals surface area contributed by atoms with E-state index < -0.39 is 0 Å². The Morgan fingerprint density at radius 3 is 2.04 bits per heavy atom. The first kappa shape index (κ1) is 19.9. The van der Waals surface area contributed by atoms with Crippen molar-refractivity contribution in [3.05, 3.63) is 64.7 Å². The molecule has 1 aliphatic rings. The van der Waals surface area contributed by atoms with E-state index in [1.54, 1.807) is 4.90 Å². The van der Waals surface area contributed by atoms with Crippen LogP contribution in [0.5, 0.6) is 5.75 Å².